The molecule has 0 spiro atoms. The monoisotopic (exact) mass is 425 g/mol. The van der Waals surface area contributed by atoms with Gasteiger partial charge in [0, 0.05) is 19.2 Å². The normalized spacial score (nSPS) is 18.1. The van der Waals surface area contributed by atoms with Crippen molar-refractivity contribution in [1.82, 2.24) is 0 Å². The van der Waals surface area contributed by atoms with Gasteiger partial charge < -0.3 is 5.11 Å². The van der Waals surface area contributed by atoms with Gasteiger partial charge in [0.1, 0.15) is 0 Å². The number of hydrogen-bond acceptors (Lipinski definition) is 2. The van der Waals surface area contributed by atoms with Crippen molar-refractivity contribution in [1.29, 1.82) is 0 Å². The standard InChI is InChI=1S/C28H43NO2/c1-23(17-18-26-25(3)15-12-20-28(26,4)5)13-11-14-24(2)19-22-29-21-10-8-6-7-9-16-27(30)31/h11,13-14,17-19,22H,6-10,12,15-16,20-21H2,1-5H3,(H,30,31)/b14-11+,18-17+,23-13+,24-19+,29-22?. The minimum Gasteiger partial charge on any atom is -0.481 e. The lowest BCUT2D eigenvalue weighted by Crippen LogP contribution is -2.19. The molecule has 172 valence electrons. The van der Waals surface area contributed by atoms with Gasteiger partial charge in [0.25, 0.3) is 0 Å². The zero-order chi connectivity index (χ0) is 23.1. The summed E-state index contributed by atoms with van der Waals surface area (Å²) < 4.78 is 0. The van der Waals surface area contributed by atoms with Gasteiger partial charge in [-0.1, -0.05) is 74.6 Å². The summed E-state index contributed by atoms with van der Waals surface area (Å²) in [6.45, 7) is 12.1. The molecule has 0 bridgehead atoms. The first-order valence-electron chi connectivity index (χ1n) is 11.8. The first kappa shape index (κ1) is 26.9. The van der Waals surface area contributed by atoms with E-state index in [4.69, 9.17) is 5.11 Å². The maximum Gasteiger partial charge on any atom is 0.303 e. The molecule has 0 atom stereocenters. The van der Waals surface area contributed by atoms with Crippen LogP contribution in [-0.2, 0) is 4.79 Å². The van der Waals surface area contributed by atoms with E-state index in [9.17, 15) is 4.79 Å². The lowest BCUT2D eigenvalue weighted by Gasteiger charge is -2.32. The predicted octanol–water partition coefficient (Wildman–Crippen LogP) is 8.01. The predicted molar refractivity (Wildman–Crippen MR) is 135 cm³/mol. The highest BCUT2D eigenvalue weighted by molar-refractivity contribution is 5.72. The summed E-state index contributed by atoms with van der Waals surface area (Å²) in [5.41, 5.74) is 5.75. The fourth-order valence-corrected chi connectivity index (χ4v) is 3.94. The summed E-state index contributed by atoms with van der Waals surface area (Å²) in [5, 5.41) is 8.60. The topological polar surface area (TPSA) is 49.7 Å². The number of rotatable bonds is 13. The van der Waals surface area contributed by atoms with Gasteiger partial charge in [0.15, 0.2) is 0 Å². The molecule has 1 aliphatic rings. The molecule has 0 aromatic carbocycles. The highest BCUT2D eigenvalue weighted by atomic mass is 16.4. The first-order valence-corrected chi connectivity index (χ1v) is 11.8. The minimum atomic E-state index is -0.695. The highest BCUT2D eigenvalue weighted by Gasteiger charge is 2.26. The third kappa shape index (κ3) is 12.3. The Hall–Kier alpha value is -2.16. The van der Waals surface area contributed by atoms with E-state index >= 15 is 0 Å². The molecule has 0 radical (unpaired) electrons. The number of aliphatic imine (C=N–C) groups is 1. The molecule has 1 aliphatic carbocycles. The smallest absolute Gasteiger partial charge is 0.303 e. The third-order valence-corrected chi connectivity index (χ3v) is 5.89. The number of unbranched alkanes of at least 4 members (excludes halogenated alkanes) is 4. The molecule has 0 aromatic heterocycles. The van der Waals surface area contributed by atoms with Crippen LogP contribution >= 0.6 is 0 Å². The van der Waals surface area contributed by atoms with Crippen LogP contribution < -0.4 is 0 Å². The molecule has 31 heavy (non-hydrogen) atoms. The second-order valence-electron chi connectivity index (χ2n) is 9.41. The van der Waals surface area contributed by atoms with E-state index in [1.54, 1.807) is 0 Å². The van der Waals surface area contributed by atoms with Crippen molar-refractivity contribution >= 4 is 12.2 Å². The lowest BCUT2D eigenvalue weighted by atomic mass is 9.72. The van der Waals surface area contributed by atoms with Gasteiger partial charge in [0.05, 0.1) is 0 Å². The minimum absolute atomic E-state index is 0.286. The van der Waals surface area contributed by atoms with E-state index in [-0.39, 0.29) is 11.8 Å². The van der Waals surface area contributed by atoms with Crippen LogP contribution in [0.15, 0.2) is 63.7 Å². The highest BCUT2D eigenvalue weighted by Crippen LogP contribution is 2.40. The van der Waals surface area contributed by atoms with Gasteiger partial charge in [-0.2, -0.15) is 0 Å². The average molecular weight is 426 g/mol. The van der Waals surface area contributed by atoms with E-state index in [1.807, 2.05) is 12.3 Å². The largest absolute Gasteiger partial charge is 0.481 e. The summed E-state index contributed by atoms with van der Waals surface area (Å²) in [6, 6.07) is 0. The van der Waals surface area contributed by atoms with Crippen molar-refractivity contribution < 1.29 is 9.90 Å². The van der Waals surface area contributed by atoms with Gasteiger partial charge in [-0.05, 0) is 75.5 Å². The number of hydrogen-bond donors (Lipinski definition) is 1. The molecule has 1 rings (SSSR count). The molecule has 3 nitrogen and oxygen atoms in total. The average Bonchev–Trinajstić information content (AvgIpc) is 2.68. The quantitative estimate of drug-likeness (QED) is 0.184. The summed E-state index contributed by atoms with van der Waals surface area (Å²) in [6.07, 6.45) is 24.0. The second kappa shape index (κ2) is 14.8. The molecule has 0 unspecified atom stereocenters. The summed E-state index contributed by atoms with van der Waals surface area (Å²) >= 11 is 0. The van der Waals surface area contributed by atoms with Crippen LogP contribution in [0.2, 0.25) is 0 Å². The van der Waals surface area contributed by atoms with Crippen LogP contribution in [-0.4, -0.2) is 23.8 Å². The van der Waals surface area contributed by atoms with Crippen molar-refractivity contribution in [2.24, 2.45) is 10.4 Å². The summed E-state index contributed by atoms with van der Waals surface area (Å²) in [7, 11) is 0. The molecular weight excluding hydrogens is 382 g/mol. The molecule has 3 heteroatoms. The fourth-order valence-electron chi connectivity index (χ4n) is 3.94. The number of carboxylic acids is 1. The first-order chi connectivity index (χ1) is 14.7. The van der Waals surface area contributed by atoms with Crippen LogP contribution in [0, 0.1) is 5.41 Å². The Morgan fingerprint density at radius 3 is 2.42 bits per heavy atom. The Labute approximate surface area is 190 Å². The zero-order valence-corrected chi connectivity index (χ0v) is 20.4. The van der Waals surface area contributed by atoms with Crippen LogP contribution in [0.5, 0.6) is 0 Å². The molecule has 0 heterocycles. The Balaban J connectivity index is 2.35. The van der Waals surface area contributed by atoms with Crippen LogP contribution in [0.25, 0.3) is 0 Å². The molecule has 0 fully saturated rings. The molecule has 0 amide bonds. The Morgan fingerprint density at radius 2 is 1.71 bits per heavy atom. The van der Waals surface area contributed by atoms with Gasteiger partial charge in [-0.3, -0.25) is 9.79 Å². The molecule has 0 saturated carbocycles. The van der Waals surface area contributed by atoms with E-state index in [2.05, 4.69) is 70.0 Å². The lowest BCUT2D eigenvalue weighted by molar-refractivity contribution is -0.137. The Kier molecular flexibility index (Phi) is 12.8. The van der Waals surface area contributed by atoms with E-state index in [0.29, 0.717) is 0 Å². The summed E-state index contributed by atoms with van der Waals surface area (Å²) in [5.74, 6) is -0.695. The number of nitrogens with zero attached hydrogens (tertiary/aromatic N) is 1. The number of carboxylic acid groups (broad SMARTS) is 1. The maximum absolute atomic E-state index is 10.4. The second-order valence-corrected chi connectivity index (χ2v) is 9.41. The molecular formula is C28H43NO2. The summed E-state index contributed by atoms with van der Waals surface area (Å²) in [4.78, 5) is 14.9. The molecule has 0 aromatic rings. The van der Waals surface area contributed by atoms with Crippen LogP contribution in [0.4, 0.5) is 0 Å². The van der Waals surface area contributed by atoms with Gasteiger partial charge >= 0.3 is 5.97 Å². The van der Waals surface area contributed by atoms with Crippen molar-refractivity contribution in [3.63, 3.8) is 0 Å². The van der Waals surface area contributed by atoms with Gasteiger partial charge in [0.2, 0.25) is 0 Å². The van der Waals surface area contributed by atoms with Gasteiger partial charge in [-0.15, -0.1) is 0 Å². The van der Waals surface area contributed by atoms with Gasteiger partial charge in [-0.25, -0.2) is 0 Å². The number of carbonyl (C=O) groups is 1. The molecule has 0 aliphatic heterocycles. The third-order valence-electron chi connectivity index (χ3n) is 5.89. The van der Waals surface area contributed by atoms with Crippen LogP contribution in [0.1, 0.15) is 92.4 Å². The van der Waals surface area contributed by atoms with E-state index in [0.717, 1.165) is 38.6 Å². The van der Waals surface area contributed by atoms with Crippen LogP contribution in [0.3, 0.4) is 0 Å². The van der Waals surface area contributed by atoms with Crippen molar-refractivity contribution in [3.05, 3.63) is 58.7 Å². The fraction of sp³-hybridized carbons (Fsp3) is 0.571. The molecule has 0 saturated heterocycles. The SMILES string of the molecule is CC1=C(/C=C/C(C)=C/C=C/C(C)=C/C=NCCCCCCCC(=O)O)C(C)(C)CCC1. The maximum atomic E-state index is 10.4. The Bertz CT molecular complexity index is 745. The zero-order valence-electron chi connectivity index (χ0n) is 20.4. The van der Waals surface area contributed by atoms with E-state index in [1.165, 1.54) is 41.6 Å². The number of allylic oxidation sites excluding steroid dienone is 10. The molecule has 1 N–H and O–H groups in total. The Morgan fingerprint density at radius 1 is 1.03 bits per heavy atom. The number of aliphatic carboxylic acids is 1. The van der Waals surface area contributed by atoms with Crippen molar-refractivity contribution in [2.45, 2.75) is 92.4 Å². The van der Waals surface area contributed by atoms with Crippen molar-refractivity contribution in [3.8, 4) is 0 Å². The van der Waals surface area contributed by atoms with E-state index < -0.39 is 5.97 Å². The van der Waals surface area contributed by atoms with Crippen molar-refractivity contribution in [2.75, 3.05) is 6.54 Å².